The van der Waals surface area contributed by atoms with E-state index in [-0.39, 0.29) is 29.2 Å². The van der Waals surface area contributed by atoms with Gasteiger partial charge in [-0.25, -0.2) is 8.42 Å². The van der Waals surface area contributed by atoms with Crippen molar-refractivity contribution in [2.45, 2.75) is 36.5 Å². The fraction of sp³-hybridized carbons (Fsp3) is 0.500. The Balaban J connectivity index is 1.35. The number of H-pyrrole nitrogens is 1. The van der Waals surface area contributed by atoms with Crippen LogP contribution in [0.4, 0.5) is 0 Å². The molecule has 0 radical (unpaired) electrons. The van der Waals surface area contributed by atoms with Crippen LogP contribution in [0.2, 0.25) is 0 Å². The molecule has 1 aromatic carbocycles. The molecule has 0 bridgehead atoms. The summed E-state index contributed by atoms with van der Waals surface area (Å²) in [5, 5.41) is 10.7. The van der Waals surface area contributed by atoms with Crippen LogP contribution in [0.5, 0.6) is 0 Å². The van der Waals surface area contributed by atoms with Gasteiger partial charge >= 0.3 is 0 Å². The molecule has 3 heterocycles. The second kappa shape index (κ2) is 9.11. The van der Waals surface area contributed by atoms with Crippen molar-refractivity contribution in [1.82, 2.24) is 24.6 Å². The van der Waals surface area contributed by atoms with Crippen LogP contribution < -0.4 is 0 Å². The van der Waals surface area contributed by atoms with Gasteiger partial charge in [-0.05, 0) is 25.3 Å². The molecule has 1 unspecified atom stereocenters. The number of fused-ring (bicyclic) bond motifs is 1. The first kappa shape index (κ1) is 22.4. The smallest absolute Gasteiger partial charge is 0.233 e. The predicted octanol–water partition coefficient (Wildman–Crippen LogP) is 2.52. The van der Waals surface area contributed by atoms with Crippen molar-refractivity contribution in [2.75, 3.05) is 37.5 Å². The van der Waals surface area contributed by atoms with Crippen molar-refractivity contribution in [3.05, 3.63) is 30.5 Å². The lowest BCUT2D eigenvalue weighted by atomic mass is 10.1. The van der Waals surface area contributed by atoms with E-state index in [9.17, 15) is 13.2 Å². The third kappa shape index (κ3) is 4.67. The third-order valence-corrected chi connectivity index (χ3v) is 8.92. The number of methoxy groups -OCH3 is 1. The van der Waals surface area contributed by atoms with Gasteiger partial charge in [-0.2, -0.15) is 0 Å². The molecule has 2 fully saturated rings. The number of nitrogens with zero attached hydrogens (tertiary/aromatic N) is 4. The number of aromatic nitrogens is 4. The molecule has 1 N–H and O–H groups in total. The number of hydrogen-bond donors (Lipinski definition) is 1. The summed E-state index contributed by atoms with van der Waals surface area (Å²) in [5.74, 6) is 1.04. The van der Waals surface area contributed by atoms with Crippen LogP contribution in [0.1, 0.15) is 25.3 Å². The first-order valence-electron chi connectivity index (χ1n) is 11.1. The van der Waals surface area contributed by atoms with Crippen LogP contribution in [0, 0.1) is 0 Å². The number of hydrogen-bond acceptors (Lipinski definition) is 7. The van der Waals surface area contributed by atoms with Crippen LogP contribution in [-0.4, -0.2) is 82.5 Å². The number of amides is 1. The molecular formula is C22H27N5O4S2. The zero-order chi connectivity index (χ0) is 23.0. The third-order valence-electron chi connectivity index (χ3n) is 6.24. The van der Waals surface area contributed by atoms with E-state index in [1.807, 2.05) is 24.4 Å². The van der Waals surface area contributed by atoms with Crippen molar-refractivity contribution in [2.24, 2.45) is 0 Å². The van der Waals surface area contributed by atoms with Gasteiger partial charge in [0.1, 0.15) is 0 Å². The Morgan fingerprint density at radius 1 is 1.27 bits per heavy atom. The monoisotopic (exact) mass is 489 g/mol. The average Bonchev–Trinajstić information content (AvgIpc) is 3.24. The zero-order valence-electron chi connectivity index (χ0n) is 18.4. The second-order valence-corrected chi connectivity index (χ2v) is 11.8. The molecule has 33 heavy (non-hydrogen) atoms. The number of para-hydroxylation sites is 1. The minimum Gasteiger partial charge on any atom is -0.383 e. The number of carbonyl (C=O) groups excluding carboxylic acids is 1. The van der Waals surface area contributed by atoms with Crippen LogP contribution >= 0.6 is 11.8 Å². The molecular weight excluding hydrogens is 462 g/mol. The van der Waals surface area contributed by atoms with E-state index in [1.165, 1.54) is 11.8 Å². The molecule has 9 nitrogen and oxygen atoms in total. The molecule has 2 aromatic heterocycles. The van der Waals surface area contributed by atoms with E-state index in [1.54, 1.807) is 12.0 Å². The van der Waals surface area contributed by atoms with Crippen LogP contribution in [-0.2, 0) is 19.4 Å². The molecule has 11 heteroatoms. The standard InChI is InChI=1S/C22H27N5O4S2/c1-31-10-9-26(16-8-11-33(29,30)14-16)20(28)13-32-22-25-24-21(27(22)15-6-7-15)18-12-23-19-5-3-2-4-17(18)19/h2-5,12,15-16,23H,6-11,13-14H2,1H3. The highest BCUT2D eigenvalue weighted by atomic mass is 32.2. The summed E-state index contributed by atoms with van der Waals surface area (Å²) in [6, 6.07) is 8.14. The lowest BCUT2D eigenvalue weighted by Gasteiger charge is -2.28. The highest BCUT2D eigenvalue weighted by molar-refractivity contribution is 7.99. The van der Waals surface area contributed by atoms with E-state index in [0.29, 0.717) is 25.6 Å². The molecule has 1 saturated heterocycles. The zero-order valence-corrected chi connectivity index (χ0v) is 20.1. The maximum Gasteiger partial charge on any atom is 0.233 e. The normalized spacial score (nSPS) is 19.8. The first-order valence-corrected chi connectivity index (χ1v) is 13.9. The van der Waals surface area contributed by atoms with Gasteiger partial charge in [0, 0.05) is 48.4 Å². The van der Waals surface area contributed by atoms with Crippen LogP contribution in [0.15, 0.2) is 35.6 Å². The molecule has 1 atom stereocenters. The number of carbonyl (C=O) groups is 1. The summed E-state index contributed by atoms with van der Waals surface area (Å²) in [7, 11) is -1.51. The molecule has 2 aliphatic rings. The number of nitrogens with one attached hydrogen (secondary N) is 1. The van der Waals surface area contributed by atoms with Crippen molar-refractivity contribution in [3.8, 4) is 11.4 Å². The largest absolute Gasteiger partial charge is 0.383 e. The molecule has 1 aliphatic heterocycles. The molecule has 0 spiro atoms. The second-order valence-electron chi connectivity index (χ2n) is 8.58. The predicted molar refractivity (Wildman–Crippen MR) is 127 cm³/mol. The maximum absolute atomic E-state index is 13.1. The molecule has 176 valence electrons. The van der Waals surface area contributed by atoms with E-state index >= 15 is 0 Å². The average molecular weight is 490 g/mol. The number of rotatable bonds is 9. The summed E-state index contributed by atoms with van der Waals surface area (Å²) < 4.78 is 31.2. The molecule has 1 aliphatic carbocycles. The van der Waals surface area contributed by atoms with Gasteiger partial charge in [-0.15, -0.1) is 10.2 Å². The van der Waals surface area contributed by atoms with Crippen LogP contribution in [0.3, 0.4) is 0 Å². The topological polar surface area (TPSA) is 110 Å². The summed E-state index contributed by atoms with van der Waals surface area (Å²) in [6.07, 6.45) is 4.56. The highest BCUT2D eigenvalue weighted by Gasteiger charge is 2.35. The van der Waals surface area contributed by atoms with Crippen molar-refractivity contribution in [3.63, 3.8) is 0 Å². The van der Waals surface area contributed by atoms with Gasteiger partial charge in [0.25, 0.3) is 0 Å². The minimum atomic E-state index is -3.09. The van der Waals surface area contributed by atoms with Gasteiger partial charge in [0.2, 0.25) is 5.91 Å². The van der Waals surface area contributed by atoms with Gasteiger partial charge in [0.05, 0.1) is 23.9 Å². The SMILES string of the molecule is COCCN(C(=O)CSc1nnc(-c2c[nH]c3ccccc23)n1C1CC1)C1CCS(=O)(=O)C1. The molecule has 5 rings (SSSR count). The van der Waals surface area contributed by atoms with Gasteiger partial charge in [0.15, 0.2) is 20.8 Å². The molecule has 1 saturated carbocycles. The van der Waals surface area contributed by atoms with Crippen molar-refractivity contribution >= 4 is 38.4 Å². The van der Waals surface area contributed by atoms with E-state index in [0.717, 1.165) is 40.3 Å². The summed E-state index contributed by atoms with van der Waals surface area (Å²) in [4.78, 5) is 18.1. The maximum atomic E-state index is 13.1. The summed E-state index contributed by atoms with van der Waals surface area (Å²) in [5.41, 5.74) is 2.04. The summed E-state index contributed by atoms with van der Waals surface area (Å²) >= 11 is 1.37. The van der Waals surface area contributed by atoms with Gasteiger partial charge in [-0.1, -0.05) is 30.0 Å². The highest BCUT2D eigenvalue weighted by Crippen LogP contribution is 2.42. The number of ether oxygens (including phenoxy) is 1. The molecule has 3 aromatic rings. The number of benzene rings is 1. The Kier molecular flexibility index (Phi) is 6.19. The minimum absolute atomic E-state index is 0.0239. The van der Waals surface area contributed by atoms with E-state index < -0.39 is 9.84 Å². The van der Waals surface area contributed by atoms with E-state index in [2.05, 4.69) is 25.8 Å². The summed E-state index contributed by atoms with van der Waals surface area (Å²) in [6.45, 7) is 0.752. The Morgan fingerprint density at radius 2 is 2.09 bits per heavy atom. The Labute approximate surface area is 196 Å². The fourth-order valence-electron chi connectivity index (χ4n) is 4.41. The Hall–Kier alpha value is -2.37. The van der Waals surface area contributed by atoms with Crippen molar-refractivity contribution < 1.29 is 17.9 Å². The van der Waals surface area contributed by atoms with Gasteiger partial charge < -0.3 is 14.6 Å². The number of thioether (sulfide) groups is 1. The number of aromatic amines is 1. The van der Waals surface area contributed by atoms with Gasteiger partial charge in [-0.3, -0.25) is 9.36 Å². The Bertz CT molecular complexity index is 1260. The lowest BCUT2D eigenvalue weighted by Crippen LogP contribution is -2.44. The molecule has 1 amide bonds. The van der Waals surface area contributed by atoms with Crippen LogP contribution in [0.25, 0.3) is 22.3 Å². The van der Waals surface area contributed by atoms with E-state index in [4.69, 9.17) is 4.74 Å². The number of sulfone groups is 1. The Morgan fingerprint density at radius 3 is 2.82 bits per heavy atom. The fourth-order valence-corrected chi connectivity index (χ4v) is 7.03. The lowest BCUT2D eigenvalue weighted by molar-refractivity contribution is -0.130. The quantitative estimate of drug-likeness (QED) is 0.460. The first-order chi connectivity index (χ1) is 16.0. The van der Waals surface area contributed by atoms with Crippen molar-refractivity contribution in [1.29, 1.82) is 0 Å².